The summed E-state index contributed by atoms with van der Waals surface area (Å²) in [6.45, 7) is 4.45. The Kier molecular flexibility index (Phi) is 5.05. The van der Waals surface area contributed by atoms with E-state index in [1.54, 1.807) is 28.3 Å². The van der Waals surface area contributed by atoms with Crippen LogP contribution in [0.4, 0.5) is 5.82 Å². The van der Waals surface area contributed by atoms with Crippen LogP contribution in [0.15, 0.2) is 25.0 Å². The number of nitrogens with zero attached hydrogens (tertiary/aromatic N) is 9. The molecule has 3 aromatic heterocycles. The summed E-state index contributed by atoms with van der Waals surface area (Å²) in [7, 11) is 0. The molecule has 2 fully saturated rings. The molecule has 1 aliphatic carbocycles. The maximum atomic E-state index is 12.8. The number of carbonyl (C=O) groups is 1. The van der Waals surface area contributed by atoms with Crippen LogP contribution in [-0.4, -0.2) is 77.4 Å². The zero-order valence-electron chi connectivity index (χ0n) is 18.7. The van der Waals surface area contributed by atoms with Crippen molar-refractivity contribution in [3.63, 3.8) is 0 Å². The number of ether oxygens (including phenoxy) is 1. The lowest BCUT2D eigenvalue weighted by molar-refractivity contribution is 0.0299. The molecule has 1 amide bonds. The smallest absolute Gasteiger partial charge is 0.274 e. The van der Waals surface area contributed by atoms with Gasteiger partial charge < -0.3 is 14.5 Å². The van der Waals surface area contributed by atoms with Gasteiger partial charge in [0, 0.05) is 25.3 Å². The van der Waals surface area contributed by atoms with Crippen molar-refractivity contribution in [2.45, 2.75) is 51.1 Å². The van der Waals surface area contributed by atoms with Crippen LogP contribution in [0.25, 0.3) is 11.6 Å². The van der Waals surface area contributed by atoms with Crippen molar-refractivity contribution in [2.75, 3.05) is 31.2 Å². The predicted molar refractivity (Wildman–Crippen MR) is 119 cm³/mol. The van der Waals surface area contributed by atoms with E-state index in [2.05, 4.69) is 32.0 Å². The number of carbonyl (C=O) groups excluding carboxylic acids is 1. The van der Waals surface area contributed by atoms with E-state index in [1.807, 2.05) is 10.8 Å². The Hall–Kier alpha value is -3.34. The molecule has 5 heterocycles. The summed E-state index contributed by atoms with van der Waals surface area (Å²) in [5.41, 5.74) is 1.28. The van der Waals surface area contributed by atoms with Crippen molar-refractivity contribution in [2.24, 2.45) is 0 Å². The summed E-state index contributed by atoms with van der Waals surface area (Å²) in [5.74, 6) is 2.23. The van der Waals surface area contributed by atoms with Gasteiger partial charge in [-0.2, -0.15) is 4.98 Å². The van der Waals surface area contributed by atoms with Crippen molar-refractivity contribution in [1.29, 1.82) is 0 Å². The van der Waals surface area contributed by atoms with Gasteiger partial charge in [-0.1, -0.05) is 19.8 Å². The van der Waals surface area contributed by atoms with E-state index < -0.39 is 0 Å². The molecule has 1 saturated carbocycles. The lowest BCUT2D eigenvalue weighted by Crippen LogP contribution is -2.42. The Bertz CT molecular complexity index is 1160. The fourth-order valence-electron chi connectivity index (χ4n) is 5.23. The first-order valence-corrected chi connectivity index (χ1v) is 11.7. The van der Waals surface area contributed by atoms with E-state index in [1.165, 1.54) is 12.8 Å². The summed E-state index contributed by atoms with van der Waals surface area (Å²) in [4.78, 5) is 31.0. The van der Waals surface area contributed by atoms with E-state index in [9.17, 15) is 4.79 Å². The quantitative estimate of drug-likeness (QED) is 0.595. The summed E-state index contributed by atoms with van der Waals surface area (Å²) in [5, 5.41) is 8.60. The molecule has 3 aromatic rings. The highest BCUT2D eigenvalue weighted by atomic mass is 16.5. The van der Waals surface area contributed by atoms with Crippen LogP contribution in [0.3, 0.4) is 0 Å². The highest BCUT2D eigenvalue weighted by Crippen LogP contribution is 2.42. The number of morpholine rings is 1. The maximum absolute atomic E-state index is 12.8. The molecular formula is C22H27N9O2. The average molecular weight is 450 g/mol. The second-order valence-corrected chi connectivity index (χ2v) is 8.78. The number of hydrogen-bond donors (Lipinski definition) is 0. The van der Waals surface area contributed by atoms with Gasteiger partial charge in [0.25, 0.3) is 5.91 Å². The third-order valence-corrected chi connectivity index (χ3v) is 6.89. The minimum atomic E-state index is -0.0947. The molecule has 0 N–H and O–H groups in total. The highest BCUT2D eigenvalue weighted by molar-refractivity contribution is 5.92. The molecule has 0 spiro atoms. The highest BCUT2D eigenvalue weighted by Gasteiger charge is 2.38. The molecule has 1 atom stereocenters. The minimum absolute atomic E-state index is 0.0947. The lowest BCUT2D eigenvalue weighted by Gasteiger charge is -2.40. The first-order chi connectivity index (χ1) is 16.2. The lowest BCUT2D eigenvalue weighted by atomic mass is 10.0. The van der Waals surface area contributed by atoms with Crippen molar-refractivity contribution in [1.82, 2.24) is 39.2 Å². The van der Waals surface area contributed by atoms with Crippen LogP contribution >= 0.6 is 0 Å². The van der Waals surface area contributed by atoms with Gasteiger partial charge in [0.15, 0.2) is 11.6 Å². The third kappa shape index (κ3) is 3.38. The van der Waals surface area contributed by atoms with Crippen LogP contribution in [0, 0.1) is 0 Å². The molecule has 1 unspecified atom stereocenters. The molecule has 0 radical (unpaired) electrons. The Morgan fingerprint density at radius 3 is 2.76 bits per heavy atom. The first-order valence-electron chi connectivity index (χ1n) is 11.7. The standard InChI is InChI=1S/C22H27N9O2/c1-2-17-20-27-25-14-30(20)18-11-23-22(26-19(18)31(17)15-5-3-4-6-15)29-12-16(24-13-29)21(32)28-7-9-33-10-8-28/h11-15,17H,2-10H2,1H3. The third-order valence-electron chi connectivity index (χ3n) is 6.89. The zero-order chi connectivity index (χ0) is 22.4. The van der Waals surface area contributed by atoms with E-state index in [0.717, 1.165) is 36.6 Å². The largest absolute Gasteiger partial charge is 0.378 e. The van der Waals surface area contributed by atoms with Crippen LogP contribution in [0.5, 0.6) is 0 Å². The topological polar surface area (TPSA) is 107 Å². The van der Waals surface area contributed by atoms with E-state index >= 15 is 0 Å². The number of hydrogen-bond acceptors (Lipinski definition) is 8. The summed E-state index contributed by atoms with van der Waals surface area (Å²) in [6, 6.07) is 0.537. The molecule has 0 aromatic carbocycles. The molecule has 6 rings (SSSR count). The molecule has 33 heavy (non-hydrogen) atoms. The fourth-order valence-corrected chi connectivity index (χ4v) is 5.23. The molecule has 0 bridgehead atoms. The van der Waals surface area contributed by atoms with Crippen LogP contribution < -0.4 is 4.90 Å². The summed E-state index contributed by atoms with van der Waals surface area (Å²) < 4.78 is 9.07. The Morgan fingerprint density at radius 1 is 1.15 bits per heavy atom. The number of anilines is 1. The minimum Gasteiger partial charge on any atom is -0.378 e. The van der Waals surface area contributed by atoms with E-state index in [0.29, 0.717) is 44.0 Å². The van der Waals surface area contributed by atoms with Gasteiger partial charge in [0.1, 0.15) is 24.0 Å². The number of fused-ring (bicyclic) bond motifs is 3. The molecule has 11 heteroatoms. The number of rotatable bonds is 4. The van der Waals surface area contributed by atoms with Gasteiger partial charge in [0.05, 0.1) is 25.5 Å². The SMILES string of the molecule is CCC1c2nncn2-c2cnc(-n3cnc(C(=O)N4CCOCC4)c3)nc2N1C1CCCC1. The van der Waals surface area contributed by atoms with Gasteiger partial charge in [-0.15, -0.1) is 10.2 Å². The van der Waals surface area contributed by atoms with E-state index in [-0.39, 0.29) is 11.9 Å². The fraction of sp³-hybridized carbons (Fsp3) is 0.545. The second-order valence-electron chi connectivity index (χ2n) is 8.78. The van der Waals surface area contributed by atoms with Crippen molar-refractivity contribution < 1.29 is 9.53 Å². The van der Waals surface area contributed by atoms with Crippen LogP contribution in [0.2, 0.25) is 0 Å². The Morgan fingerprint density at radius 2 is 1.97 bits per heavy atom. The number of aromatic nitrogens is 7. The van der Waals surface area contributed by atoms with Crippen LogP contribution in [0.1, 0.15) is 61.4 Å². The monoisotopic (exact) mass is 449 g/mol. The molecule has 3 aliphatic rings. The molecule has 2 aliphatic heterocycles. The molecule has 11 nitrogen and oxygen atoms in total. The summed E-state index contributed by atoms with van der Waals surface area (Å²) >= 11 is 0. The van der Waals surface area contributed by atoms with Crippen molar-refractivity contribution in [3.8, 4) is 11.6 Å². The molecule has 172 valence electrons. The Balaban J connectivity index is 1.38. The predicted octanol–water partition coefficient (Wildman–Crippen LogP) is 1.93. The number of amides is 1. The van der Waals surface area contributed by atoms with E-state index in [4.69, 9.17) is 9.72 Å². The first kappa shape index (κ1) is 20.3. The maximum Gasteiger partial charge on any atom is 0.274 e. The van der Waals surface area contributed by atoms with Gasteiger partial charge >= 0.3 is 0 Å². The average Bonchev–Trinajstić information content (AvgIpc) is 3.64. The van der Waals surface area contributed by atoms with Crippen molar-refractivity contribution >= 4 is 11.7 Å². The Labute approximate surface area is 191 Å². The zero-order valence-corrected chi connectivity index (χ0v) is 18.7. The molecule has 1 saturated heterocycles. The normalized spacial score (nSPS) is 20.7. The van der Waals surface area contributed by atoms with Gasteiger partial charge in [-0.3, -0.25) is 13.9 Å². The number of imidazole rings is 1. The van der Waals surface area contributed by atoms with Gasteiger partial charge in [-0.25, -0.2) is 9.97 Å². The second kappa shape index (κ2) is 8.22. The van der Waals surface area contributed by atoms with Gasteiger partial charge in [-0.05, 0) is 19.3 Å². The molecular weight excluding hydrogens is 422 g/mol. The van der Waals surface area contributed by atoms with Gasteiger partial charge in [0.2, 0.25) is 5.95 Å². The van der Waals surface area contributed by atoms with Crippen molar-refractivity contribution in [3.05, 3.63) is 36.6 Å². The summed E-state index contributed by atoms with van der Waals surface area (Å²) in [6.07, 6.45) is 12.5. The van der Waals surface area contributed by atoms with Crippen LogP contribution in [-0.2, 0) is 4.74 Å².